The first-order chi connectivity index (χ1) is 6.90. The van der Waals surface area contributed by atoms with Crippen molar-refractivity contribution in [3.8, 4) is 0 Å². The van der Waals surface area contributed by atoms with Crippen LogP contribution in [0.25, 0.3) is 0 Å². The molecule has 0 unspecified atom stereocenters. The summed E-state index contributed by atoms with van der Waals surface area (Å²) in [5.41, 5.74) is 1.12. The highest BCUT2D eigenvalue weighted by Gasteiger charge is 2.34. The molecule has 1 aliphatic rings. The lowest BCUT2D eigenvalue weighted by atomic mass is 9.95. The molecule has 1 N–H and O–H groups in total. The quantitative estimate of drug-likeness (QED) is 0.778. The number of rotatable bonds is 0. The average Bonchev–Trinajstić information content (AvgIpc) is 2.06. The number of ether oxygens (including phenoxy) is 1. The van der Waals surface area contributed by atoms with Gasteiger partial charge < -0.3 is 4.74 Å². The highest BCUT2D eigenvalue weighted by atomic mass is 79.9. The first-order valence-electron chi connectivity index (χ1n) is 4.40. The molecule has 0 atom stereocenters. The summed E-state index contributed by atoms with van der Waals surface area (Å²) < 4.78 is 7.01. The normalized spacial score (nSPS) is 17.7. The Hall–Kier alpha value is -0.550. The SMILES string of the molecule is CC1(C)OC(=O)Nc2c(Br)cc(Br)cc21. The zero-order valence-electron chi connectivity index (χ0n) is 8.23. The number of carbonyl (C=O) groups excluding carboxylic acids is 1. The minimum absolute atomic E-state index is 0.421. The topological polar surface area (TPSA) is 38.3 Å². The fourth-order valence-corrected chi connectivity index (χ4v) is 2.91. The molecule has 0 saturated heterocycles. The molecule has 1 aromatic carbocycles. The van der Waals surface area contributed by atoms with Crippen molar-refractivity contribution in [3.63, 3.8) is 0 Å². The molecule has 0 aliphatic carbocycles. The number of halogens is 2. The van der Waals surface area contributed by atoms with Gasteiger partial charge in [-0.1, -0.05) is 15.9 Å². The van der Waals surface area contributed by atoms with E-state index in [2.05, 4.69) is 37.2 Å². The van der Waals surface area contributed by atoms with Gasteiger partial charge in [0.25, 0.3) is 0 Å². The largest absolute Gasteiger partial charge is 0.438 e. The van der Waals surface area contributed by atoms with Crippen LogP contribution in [-0.2, 0) is 10.3 Å². The standard InChI is InChI=1S/C10H9Br2NO2/c1-10(2)6-3-5(11)4-7(12)8(6)13-9(14)15-10/h3-4H,1-2H3,(H,13,14). The molecule has 15 heavy (non-hydrogen) atoms. The van der Waals surface area contributed by atoms with E-state index in [1.165, 1.54) is 0 Å². The van der Waals surface area contributed by atoms with E-state index in [1.54, 1.807) is 0 Å². The maximum atomic E-state index is 11.3. The van der Waals surface area contributed by atoms with Crippen LogP contribution in [-0.4, -0.2) is 6.09 Å². The first kappa shape index (κ1) is 11.0. The molecule has 0 spiro atoms. The van der Waals surface area contributed by atoms with Gasteiger partial charge in [0, 0.05) is 14.5 Å². The molecule has 1 aliphatic heterocycles. The molecule has 1 heterocycles. The Kier molecular flexibility index (Phi) is 2.55. The molecule has 2 rings (SSSR count). The van der Waals surface area contributed by atoms with Crippen LogP contribution < -0.4 is 5.32 Å². The predicted octanol–water partition coefficient (Wildman–Crippen LogP) is 4.01. The van der Waals surface area contributed by atoms with Gasteiger partial charge in [0.2, 0.25) is 0 Å². The van der Waals surface area contributed by atoms with Gasteiger partial charge in [0.15, 0.2) is 0 Å². The van der Waals surface area contributed by atoms with Crippen LogP contribution in [0.5, 0.6) is 0 Å². The van der Waals surface area contributed by atoms with Crippen molar-refractivity contribution in [2.24, 2.45) is 0 Å². The van der Waals surface area contributed by atoms with E-state index >= 15 is 0 Å². The fraction of sp³-hybridized carbons (Fsp3) is 0.300. The smallest absolute Gasteiger partial charge is 0.412 e. The fourth-order valence-electron chi connectivity index (χ4n) is 1.59. The van der Waals surface area contributed by atoms with Gasteiger partial charge in [-0.2, -0.15) is 0 Å². The van der Waals surface area contributed by atoms with Crippen LogP contribution in [0.4, 0.5) is 10.5 Å². The van der Waals surface area contributed by atoms with E-state index in [-0.39, 0.29) is 0 Å². The van der Waals surface area contributed by atoms with Crippen LogP contribution in [0, 0.1) is 0 Å². The number of hydrogen-bond donors (Lipinski definition) is 1. The summed E-state index contributed by atoms with van der Waals surface area (Å²) in [6.45, 7) is 3.73. The Bertz CT molecular complexity index is 443. The summed E-state index contributed by atoms with van der Waals surface area (Å²) >= 11 is 6.82. The Labute approximate surface area is 104 Å². The third-order valence-corrected chi connectivity index (χ3v) is 3.36. The van der Waals surface area contributed by atoms with Crippen molar-refractivity contribution in [3.05, 3.63) is 26.6 Å². The van der Waals surface area contributed by atoms with Gasteiger partial charge in [0.05, 0.1) is 5.69 Å². The minimum atomic E-state index is -0.607. The maximum absolute atomic E-state index is 11.3. The Morgan fingerprint density at radius 2 is 2.00 bits per heavy atom. The molecule has 80 valence electrons. The minimum Gasteiger partial charge on any atom is -0.438 e. The second-order valence-electron chi connectivity index (χ2n) is 3.84. The van der Waals surface area contributed by atoms with E-state index in [1.807, 2.05) is 26.0 Å². The van der Waals surface area contributed by atoms with Crippen LogP contribution in [0.2, 0.25) is 0 Å². The Morgan fingerprint density at radius 1 is 1.33 bits per heavy atom. The van der Waals surface area contributed by atoms with Crippen LogP contribution in [0.3, 0.4) is 0 Å². The number of amides is 1. The van der Waals surface area contributed by atoms with E-state index in [9.17, 15) is 4.79 Å². The monoisotopic (exact) mass is 333 g/mol. The lowest BCUT2D eigenvalue weighted by molar-refractivity contribution is 0.0419. The summed E-state index contributed by atoms with van der Waals surface area (Å²) in [7, 11) is 0. The number of carbonyl (C=O) groups is 1. The van der Waals surface area contributed by atoms with Gasteiger partial charge >= 0.3 is 6.09 Å². The third kappa shape index (κ3) is 1.90. The van der Waals surface area contributed by atoms with Crippen molar-refractivity contribution in [2.45, 2.75) is 19.4 Å². The summed E-state index contributed by atoms with van der Waals surface area (Å²) in [4.78, 5) is 11.3. The molecule has 1 amide bonds. The number of anilines is 1. The average molecular weight is 335 g/mol. The molecule has 0 bridgehead atoms. The van der Waals surface area contributed by atoms with Crippen LogP contribution in [0.15, 0.2) is 21.1 Å². The Morgan fingerprint density at radius 3 is 2.67 bits per heavy atom. The number of fused-ring (bicyclic) bond motifs is 1. The number of cyclic esters (lactones) is 1. The highest BCUT2D eigenvalue weighted by molar-refractivity contribution is 9.11. The van der Waals surface area contributed by atoms with E-state index in [0.29, 0.717) is 0 Å². The molecule has 5 heteroatoms. The predicted molar refractivity (Wildman–Crippen MR) is 65.0 cm³/mol. The molecule has 0 saturated carbocycles. The van der Waals surface area contributed by atoms with Crippen LogP contribution in [0.1, 0.15) is 19.4 Å². The van der Waals surface area contributed by atoms with E-state index in [0.717, 1.165) is 20.2 Å². The maximum Gasteiger partial charge on any atom is 0.412 e. The summed E-state index contributed by atoms with van der Waals surface area (Å²) in [5, 5.41) is 2.68. The lowest BCUT2D eigenvalue weighted by Gasteiger charge is -2.33. The van der Waals surface area contributed by atoms with Crippen molar-refractivity contribution in [1.29, 1.82) is 0 Å². The molecule has 3 nitrogen and oxygen atoms in total. The number of benzene rings is 1. The Balaban J connectivity index is 2.67. The summed E-state index contributed by atoms with van der Waals surface area (Å²) in [6, 6.07) is 3.83. The second-order valence-corrected chi connectivity index (χ2v) is 5.61. The van der Waals surface area contributed by atoms with E-state index in [4.69, 9.17) is 4.74 Å². The molecule has 1 aromatic rings. The molecule has 0 aromatic heterocycles. The summed E-state index contributed by atoms with van der Waals surface area (Å²) in [6.07, 6.45) is -0.421. The third-order valence-electron chi connectivity index (χ3n) is 2.28. The van der Waals surface area contributed by atoms with Gasteiger partial charge in [-0.15, -0.1) is 0 Å². The number of nitrogens with one attached hydrogen (secondary N) is 1. The van der Waals surface area contributed by atoms with Crippen molar-refractivity contribution in [2.75, 3.05) is 5.32 Å². The molecule has 0 radical (unpaired) electrons. The molecular formula is C10H9Br2NO2. The van der Waals surface area contributed by atoms with E-state index < -0.39 is 11.7 Å². The first-order valence-corrected chi connectivity index (χ1v) is 5.98. The van der Waals surface area contributed by atoms with Crippen molar-refractivity contribution in [1.82, 2.24) is 0 Å². The van der Waals surface area contributed by atoms with Gasteiger partial charge in [-0.25, -0.2) is 4.79 Å². The highest BCUT2D eigenvalue weighted by Crippen LogP contribution is 2.41. The zero-order valence-corrected chi connectivity index (χ0v) is 11.4. The zero-order chi connectivity index (χ0) is 11.2. The molecule has 0 fully saturated rings. The van der Waals surface area contributed by atoms with Crippen molar-refractivity contribution < 1.29 is 9.53 Å². The molecular weight excluding hydrogens is 326 g/mol. The van der Waals surface area contributed by atoms with Gasteiger partial charge in [0.1, 0.15) is 5.60 Å². The second kappa shape index (κ2) is 3.49. The van der Waals surface area contributed by atoms with Gasteiger partial charge in [-0.05, 0) is 41.9 Å². The van der Waals surface area contributed by atoms with Crippen LogP contribution >= 0.6 is 31.9 Å². The summed E-state index contributed by atoms with van der Waals surface area (Å²) in [5.74, 6) is 0. The number of hydrogen-bond acceptors (Lipinski definition) is 2. The van der Waals surface area contributed by atoms with Crippen molar-refractivity contribution >= 4 is 43.6 Å². The van der Waals surface area contributed by atoms with Gasteiger partial charge in [-0.3, -0.25) is 5.32 Å². The lowest BCUT2D eigenvalue weighted by Crippen LogP contribution is -2.34.